The van der Waals surface area contributed by atoms with Gasteiger partial charge in [-0.2, -0.15) is 13.2 Å². The summed E-state index contributed by atoms with van der Waals surface area (Å²) in [7, 11) is 0. The van der Waals surface area contributed by atoms with Crippen LogP contribution in [0.4, 0.5) is 22.0 Å². The number of amides is 1. The molecule has 2 N–H and O–H groups in total. The Morgan fingerprint density at radius 3 is 2.38 bits per heavy atom. The Balaban J connectivity index is 1.59. The third-order valence-corrected chi connectivity index (χ3v) is 4.75. The summed E-state index contributed by atoms with van der Waals surface area (Å²) in [5.74, 6) is -3.96. The van der Waals surface area contributed by atoms with Crippen molar-refractivity contribution in [2.75, 3.05) is 6.54 Å². The quantitative estimate of drug-likeness (QED) is 0.584. The van der Waals surface area contributed by atoms with Crippen molar-refractivity contribution in [3.05, 3.63) is 70.8 Å². The van der Waals surface area contributed by atoms with Gasteiger partial charge in [0.2, 0.25) is 5.91 Å². The fourth-order valence-electron chi connectivity index (χ4n) is 3.24. The van der Waals surface area contributed by atoms with Crippen molar-refractivity contribution < 1.29 is 31.5 Å². The molecule has 0 bridgehead atoms. The highest BCUT2D eigenvalue weighted by molar-refractivity contribution is 5.99. The summed E-state index contributed by atoms with van der Waals surface area (Å²) < 4.78 is 65.8. The van der Waals surface area contributed by atoms with E-state index in [2.05, 4.69) is 10.6 Å². The lowest BCUT2D eigenvalue weighted by atomic mass is 9.94. The second-order valence-corrected chi connectivity index (χ2v) is 6.77. The van der Waals surface area contributed by atoms with Gasteiger partial charge in [-0.15, -0.1) is 0 Å². The Morgan fingerprint density at radius 2 is 1.72 bits per heavy atom. The van der Waals surface area contributed by atoms with Crippen molar-refractivity contribution in [1.82, 2.24) is 10.6 Å². The van der Waals surface area contributed by atoms with Gasteiger partial charge in [0.1, 0.15) is 11.6 Å². The Kier molecular flexibility index (Phi) is 5.97. The van der Waals surface area contributed by atoms with Crippen molar-refractivity contribution in [1.29, 1.82) is 0 Å². The molecule has 1 saturated heterocycles. The van der Waals surface area contributed by atoms with Gasteiger partial charge >= 0.3 is 6.18 Å². The van der Waals surface area contributed by atoms with Gasteiger partial charge in [-0.3, -0.25) is 9.59 Å². The summed E-state index contributed by atoms with van der Waals surface area (Å²) in [5, 5.41) is 5.32. The lowest BCUT2D eigenvalue weighted by Crippen LogP contribution is -2.40. The van der Waals surface area contributed by atoms with Crippen LogP contribution in [-0.4, -0.2) is 24.3 Å². The van der Waals surface area contributed by atoms with E-state index in [1.165, 1.54) is 12.1 Å². The topological polar surface area (TPSA) is 58.2 Å². The van der Waals surface area contributed by atoms with E-state index in [4.69, 9.17) is 0 Å². The fourth-order valence-corrected chi connectivity index (χ4v) is 3.24. The number of alkyl halides is 3. The number of ketones is 1. The molecule has 0 spiro atoms. The first-order chi connectivity index (χ1) is 13.7. The molecule has 0 aliphatic carbocycles. The van der Waals surface area contributed by atoms with E-state index in [1.807, 2.05) is 0 Å². The number of carbonyl (C=O) groups is 2. The van der Waals surface area contributed by atoms with E-state index < -0.39 is 52.6 Å². The van der Waals surface area contributed by atoms with Crippen LogP contribution in [0.5, 0.6) is 0 Å². The van der Waals surface area contributed by atoms with Crippen molar-refractivity contribution >= 4 is 11.7 Å². The molecule has 1 aliphatic heterocycles. The average Bonchev–Trinajstić information content (AvgIpc) is 3.16. The SMILES string of the molecule is O=C(c1c(F)cccc1F)C1CNC(C(=O)NCc2cccc(C(F)(F)F)c2)C1. The Labute approximate surface area is 163 Å². The number of Topliss-reactive ketones (excluding diaryl/α,β-unsaturated/α-hetero) is 1. The smallest absolute Gasteiger partial charge is 0.351 e. The zero-order chi connectivity index (χ0) is 21.2. The Hall–Kier alpha value is -2.81. The summed E-state index contributed by atoms with van der Waals surface area (Å²) in [4.78, 5) is 24.7. The summed E-state index contributed by atoms with van der Waals surface area (Å²) in [6, 6.07) is 6.90. The average molecular weight is 412 g/mol. The number of nitrogens with one attached hydrogen (secondary N) is 2. The molecule has 1 amide bonds. The Morgan fingerprint density at radius 1 is 1.07 bits per heavy atom. The number of rotatable bonds is 5. The molecule has 1 fully saturated rings. The molecular formula is C20H17F5N2O2. The molecule has 0 radical (unpaired) electrons. The van der Waals surface area contributed by atoms with Crippen LogP contribution in [0.3, 0.4) is 0 Å². The first kappa shape index (κ1) is 20.9. The molecule has 2 aromatic rings. The molecule has 2 unspecified atom stereocenters. The third-order valence-electron chi connectivity index (χ3n) is 4.75. The van der Waals surface area contributed by atoms with Crippen LogP contribution in [0, 0.1) is 17.6 Å². The monoisotopic (exact) mass is 412 g/mol. The minimum Gasteiger partial charge on any atom is -0.351 e. The summed E-state index contributed by atoms with van der Waals surface area (Å²) >= 11 is 0. The van der Waals surface area contributed by atoms with E-state index in [0.717, 1.165) is 30.3 Å². The number of benzene rings is 2. The molecule has 154 valence electrons. The zero-order valence-corrected chi connectivity index (χ0v) is 15.0. The van der Waals surface area contributed by atoms with Crippen molar-refractivity contribution in [3.8, 4) is 0 Å². The molecule has 9 heteroatoms. The van der Waals surface area contributed by atoms with Gasteiger partial charge in [-0.25, -0.2) is 8.78 Å². The molecule has 2 atom stereocenters. The first-order valence-corrected chi connectivity index (χ1v) is 8.82. The number of halogens is 5. The summed E-state index contributed by atoms with van der Waals surface area (Å²) in [6.45, 7) is -0.0598. The van der Waals surface area contributed by atoms with E-state index in [1.54, 1.807) is 0 Å². The molecule has 1 aliphatic rings. The molecule has 1 heterocycles. The Bertz CT molecular complexity index is 909. The van der Waals surface area contributed by atoms with Gasteiger partial charge in [-0.1, -0.05) is 18.2 Å². The third kappa shape index (κ3) is 4.79. The minimum atomic E-state index is -4.48. The summed E-state index contributed by atoms with van der Waals surface area (Å²) in [5.41, 5.74) is -1.18. The maximum Gasteiger partial charge on any atom is 0.416 e. The normalized spacial score (nSPS) is 19.2. The molecule has 29 heavy (non-hydrogen) atoms. The molecule has 4 nitrogen and oxygen atoms in total. The van der Waals surface area contributed by atoms with Gasteiger partial charge in [0.15, 0.2) is 5.78 Å². The number of carbonyl (C=O) groups excluding carboxylic acids is 2. The second kappa shape index (κ2) is 8.28. The molecule has 2 aromatic carbocycles. The van der Waals surface area contributed by atoms with Gasteiger partial charge in [0.05, 0.1) is 17.2 Å². The van der Waals surface area contributed by atoms with Crippen LogP contribution in [0.25, 0.3) is 0 Å². The van der Waals surface area contributed by atoms with Gasteiger partial charge in [0.25, 0.3) is 0 Å². The minimum absolute atomic E-state index is 0.0288. The fraction of sp³-hybridized carbons (Fsp3) is 0.300. The maximum absolute atomic E-state index is 13.8. The van der Waals surface area contributed by atoms with Gasteiger partial charge in [0, 0.05) is 19.0 Å². The number of hydrogen-bond acceptors (Lipinski definition) is 3. The van der Waals surface area contributed by atoms with Crippen LogP contribution in [0.15, 0.2) is 42.5 Å². The first-order valence-electron chi connectivity index (χ1n) is 8.82. The molecule has 3 rings (SSSR count). The van der Waals surface area contributed by atoms with Crippen LogP contribution in [0.2, 0.25) is 0 Å². The van der Waals surface area contributed by atoms with E-state index >= 15 is 0 Å². The van der Waals surface area contributed by atoms with Gasteiger partial charge in [-0.05, 0) is 36.2 Å². The predicted molar refractivity (Wildman–Crippen MR) is 93.9 cm³/mol. The van der Waals surface area contributed by atoms with Crippen LogP contribution < -0.4 is 10.6 Å². The van der Waals surface area contributed by atoms with Crippen molar-refractivity contribution in [3.63, 3.8) is 0 Å². The molecular weight excluding hydrogens is 395 g/mol. The maximum atomic E-state index is 13.8. The highest BCUT2D eigenvalue weighted by Crippen LogP contribution is 2.29. The predicted octanol–water partition coefficient (Wildman–Crippen LogP) is 3.46. The van der Waals surface area contributed by atoms with E-state index in [-0.39, 0.29) is 25.1 Å². The lowest BCUT2D eigenvalue weighted by molar-refractivity contribution is -0.137. The van der Waals surface area contributed by atoms with Crippen molar-refractivity contribution in [2.24, 2.45) is 5.92 Å². The van der Waals surface area contributed by atoms with Crippen LogP contribution in [0.1, 0.15) is 27.9 Å². The highest BCUT2D eigenvalue weighted by atomic mass is 19.4. The molecule has 0 saturated carbocycles. The van der Waals surface area contributed by atoms with Gasteiger partial charge < -0.3 is 10.6 Å². The number of hydrogen-bond donors (Lipinski definition) is 2. The standard InChI is InChI=1S/C20H17F5N2O2/c21-14-5-2-6-15(22)17(14)18(28)12-8-16(26-10-12)19(29)27-9-11-3-1-4-13(7-11)20(23,24)25/h1-7,12,16,26H,8-10H2,(H,27,29). The largest absolute Gasteiger partial charge is 0.416 e. The van der Waals surface area contributed by atoms with Crippen LogP contribution >= 0.6 is 0 Å². The molecule has 0 aromatic heterocycles. The summed E-state index contributed by atoms with van der Waals surface area (Å²) in [6.07, 6.45) is -4.45. The van der Waals surface area contributed by atoms with Crippen LogP contribution in [-0.2, 0) is 17.5 Å². The second-order valence-electron chi connectivity index (χ2n) is 6.77. The van der Waals surface area contributed by atoms with Crippen molar-refractivity contribution in [2.45, 2.75) is 25.2 Å². The zero-order valence-electron chi connectivity index (χ0n) is 15.0. The lowest BCUT2D eigenvalue weighted by Gasteiger charge is -2.13. The van der Waals surface area contributed by atoms with E-state index in [9.17, 15) is 31.5 Å². The van der Waals surface area contributed by atoms with E-state index in [0.29, 0.717) is 0 Å². The highest BCUT2D eigenvalue weighted by Gasteiger charge is 2.36.